The lowest BCUT2D eigenvalue weighted by atomic mass is 10.3. The Labute approximate surface area is 96.5 Å². The van der Waals surface area contributed by atoms with Gasteiger partial charge in [0.15, 0.2) is 0 Å². The second-order valence-corrected chi connectivity index (χ2v) is 3.58. The van der Waals surface area contributed by atoms with Crippen molar-refractivity contribution >= 4 is 29.3 Å². The summed E-state index contributed by atoms with van der Waals surface area (Å²) in [5.74, 6) is -0.757. The zero-order valence-electron chi connectivity index (χ0n) is 8.34. The molecule has 84 valence electrons. The highest BCUT2D eigenvalue weighted by Crippen LogP contribution is 2.32. The normalized spacial score (nSPS) is 24.8. The zero-order chi connectivity index (χ0) is 11.8. The van der Waals surface area contributed by atoms with Crippen molar-refractivity contribution in [3.8, 4) is 0 Å². The summed E-state index contributed by atoms with van der Waals surface area (Å²) >= 11 is 5.69. The molecule has 1 saturated heterocycles. The van der Waals surface area contributed by atoms with Crippen LogP contribution in [-0.2, 0) is 14.3 Å². The molecule has 1 aromatic carbocycles. The predicted octanol–water partition coefficient (Wildman–Crippen LogP) is 1.71. The summed E-state index contributed by atoms with van der Waals surface area (Å²) in [5, 5.41) is -2.05. The fourth-order valence-electron chi connectivity index (χ4n) is 1.35. The Kier molecular flexibility index (Phi) is 2.57. The van der Waals surface area contributed by atoms with Crippen molar-refractivity contribution in [3.63, 3.8) is 0 Å². The van der Waals surface area contributed by atoms with Crippen LogP contribution in [0.5, 0.6) is 0 Å². The zero-order valence-corrected chi connectivity index (χ0v) is 9.10. The second-order valence-electron chi connectivity index (χ2n) is 3.08. The molecule has 2 amide bonds. The molecule has 0 spiro atoms. The molecular weight excluding hydrogens is 234 g/mol. The summed E-state index contributed by atoms with van der Waals surface area (Å²) in [6, 6.07) is 8.34. The lowest BCUT2D eigenvalue weighted by Gasteiger charge is -2.14. The highest BCUT2D eigenvalue weighted by molar-refractivity contribution is 6.40. The van der Waals surface area contributed by atoms with E-state index in [-0.39, 0.29) is 0 Å². The molecule has 0 aromatic heterocycles. The molecule has 0 saturated carbocycles. The van der Waals surface area contributed by atoms with Crippen molar-refractivity contribution in [3.05, 3.63) is 30.3 Å². The van der Waals surface area contributed by atoms with Crippen molar-refractivity contribution in [2.75, 3.05) is 12.0 Å². The maximum absolute atomic E-state index is 11.8. The van der Waals surface area contributed by atoms with Crippen LogP contribution in [0.2, 0.25) is 0 Å². The van der Waals surface area contributed by atoms with Gasteiger partial charge in [-0.05, 0) is 23.7 Å². The van der Waals surface area contributed by atoms with Gasteiger partial charge >= 0.3 is 17.2 Å². The molecule has 1 aliphatic heterocycles. The summed E-state index contributed by atoms with van der Waals surface area (Å²) in [6.45, 7) is 0. The van der Waals surface area contributed by atoms with Gasteiger partial charge in [-0.25, -0.2) is 9.69 Å². The van der Waals surface area contributed by atoms with E-state index in [2.05, 4.69) is 9.47 Å². The number of para-hydroxylation sites is 1. The van der Waals surface area contributed by atoms with E-state index in [1.165, 1.54) is 7.11 Å². The largest absolute Gasteiger partial charge is 0.425 e. The van der Waals surface area contributed by atoms with Gasteiger partial charge < -0.3 is 9.47 Å². The topological polar surface area (TPSA) is 55.8 Å². The van der Waals surface area contributed by atoms with E-state index in [0.29, 0.717) is 5.69 Å². The molecule has 6 heteroatoms. The van der Waals surface area contributed by atoms with Crippen LogP contribution in [0.3, 0.4) is 0 Å². The van der Waals surface area contributed by atoms with E-state index in [1.807, 2.05) is 0 Å². The highest BCUT2D eigenvalue weighted by Gasteiger charge is 2.54. The minimum Gasteiger partial charge on any atom is -0.392 e. The first-order valence-electron chi connectivity index (χ1n) is 4.45. The van der Waals surface area contributed by atoms with Crippen LogP contribution in [0, 0.1) is 0 Å². The molecule has 0 aliphatic carbocycles. The molecule has 1 unspecified atom stereocenters. The number of anilines is 1. The van der Waals surface area contributed by atoms with Gasteiger partial charge in [-0.1, -0.05) is 18.2 Å². The van der Waals surface area contributed by atoms with Gasteiger partial charge in [0.05, 0.1) is 5.69 Å². The van der Waals surface area contributed by atoms with Gasteiger partial charge in [0.2, 0.25) is 0 Å². The summed E-state index contributed by atoms with van der Waals surface area (Å²) < 4.78 is 9.32. The molecular formula is C10H8ClNO4. The van der Waals surface area contributed by atoms with Gasteiger partial charge in [0.1, 0.15) is 0 Å². The molecule has 0 radical (unpaired) electrons. The van der Waals surface area contributed by atoms with Gasteiger partial charge in [-0.15, -0.1) is 0 Å². The summed E-state index contributed by atoms with van der Waals surface area (Å²) in [4.78, 5) is 24.1. The van der Waals surface area contributed by atoms with Crippen molar-refractivity contribution in [1.82, 2.24) is 0 Å². The third-order valence-corrected chi connectivity index (χ3v) is 2.53. The molecule has 1 aromatic rings. The summed E-state index contributed by atoms with van der Waals surface area (Å²) in [7, 11) is 1.19. The Morgan fingerprint density at radius 3 is 2.44 bits per heavy atom. The summed E-state index contributed by atoms with van der Waals surface area (Å²) in [5.41, 5.74) is 0.386. The van der Waals surface area contributed by atoms with E-state index < -0.39 is 17.2 Å². The molecule has 1 atom stereocenters. The average Bonchev–Trinajstić information content (AvgIpc) is 2.52. The van der Waals surface area contributed by atoms with Crippen LogP contribution in [0.4, 0.5) is 10.5 Å². The Hall–Kier alpha value is -1.59. The average molecular weight is 242 g/mol. The number of methoxy groups -OCH3 is 1. The fraction of sp³-hybridized carbons (Fsp3) is 0.200. The lowest BCUT2D eigenvalue weighted by Crippen LogP contribution is -2.38. The maximum Gasteiger partial charge on any atom is 0.425 e. The standard InChI is InChI=1S/C10H8ClNO4/c1-15-10(11)8(13)12(9(14)16-10)7-5-3-2-4-6-7/h2-6H,1H3. The van der Waals surface area contributed by atoms with Crippen molar-refractivity contribution < 1.29 is 19.1 Å². The van der Waals surface area contributed by atoms with Gasteiger partial charge in [-0.3, -0.25) is 4.79 Å². The molecule has 16 heavy (non-hydrogen) atoms. The van der Waals surface area contributed by atoms with Crippen LogP contribution in [0.25, 0.3) is 0 Å². The van der Waals surface area contributed by atoms with Gasteiger partial charge in [0, 0.05) is 7.11 Å². The number of carbonyl (C=O) groups is 2. The number of amides is 2. The third-order valence-electron chi connectivity index (χ3n) is 2.14. The minimum absolute atomic E-state index is 0.386. The number of imide groups is 1. The number of ether oxygens (including phenoxy) is 2. The molecule has 0 bridgehead atoms. The van der Waals surface area contributed by atoms with E-state index >= 15 is 0 Å². The quantitative estimate of drug-likeness (QED) is 0.740. The molecule has 1 heterocycles. The highest BCUT2D eigenvalue weighted by atomic mass is 35.5. The number of carbonyl (C=O) groups excluding carboxylic acids is 2. The number of hydrogen-bond donors (Lipinski definition) is 0. The number of alkyl halides is 1. The van der Waals surface area contributed by atoms with Crippen LogP contribution in [-0.4, -0.2) is 24.4 Å². The van der Waals surface area contributed by atoms with E-state index in [0.717, 1.165) is 4.90 Å². The van der Waals surface area contributed by atoms with Crippen molar-refractivity contribution in [1.29, 1.82) is 0 Å². The monoisotopic (exact) mass is 241 g/mol. The molecule has 1 fully saturated rings. The van der Waals surface area contributed by atoms with Gasteiger partial charge in [0.25, 0.3) is 0 Å². The van der Waals surface area contributed by atoms with Crippen LogP contribution in [0.1, 0.15) is 0 Å². The van der Waals surface area contributed by atoms with Crippen LogP contribution >= 0.6 is 11.6 Å². The minimum atomic E-state index is -2.05. The van der Waals surface area contributed by atoms with E-state index in [4.69, 9.17) is 11.6 Å². The Morgan fingerprint density at radius 2 is 1.94 bits per heavy atom. The SMILES string of the molecule is COC1(Cl)OC(=O)N(c2ccccc2)C1=O. The number of nitrogens with zero attached hydrogens (tertiary/aromatic N) is 1. The summed E-state index contributed by atoms with van der Waals surface area (Å²) in [6.07, 6.45) is -0.854. The molecule has 5 nitrogen and oxygen atoms in total. The molecule has 2 rings (SSSR count). The van der Waals surface area contributed by atoms with Crippen molar-refractivity contribution in [2.45, 2.75) is 5.25 Å². The lowest BCUT2D eigenvalue weighted by molar-refractivity contribution is -0.151. The number of rotatable bonds is 2. The third kappa shape index (κ3) is 1.54. The van der Waals surface area contributed by atoms with Crippen LogP contribution < -0.4 is 4.90 Å². The van der Waals surface area contributed by atoms with Gasteiger partial charge in [-0.2, -0.15) is 0 Å². The Morgan fingerprint density at radius 1 is 1.31 bits per heavy atom. The molecule has 1 aliphatic rings. The molecule has 0 N–H and O–H groups in total. The number of hydrogen-bond acceptors (Lipinski definition) is 4. The number of benzene rings is 1. The van der Waals surface area contributed by atoms with Crippen LogP contribution in [0.15, 0.2) is 30.3 Å². The first kappa shape index (κ1) is 10.9. The van der Waals surface area contributed by atoms with E-state index in [1.54, 1.807) is 30.3 Å². The maximum atomic E-state index is 11.8. The van der Waals surface area contributed by atoms with E-state index in [9.17, 15) is 9.59 Å². The fourth-order valence-corrected chi connectivity index (χ4v) is 1.50. The number of cyclic esters (lactones) is 1. The Bertz CT molecular complexity index is 436. The Balaban J connectivity index is 2.38. The smallest absolute Gasteiger partial charge is 0.392 e. The first-order chi connectivity index (χ1) is 7.58. The first-order valence-corrected chi connectivity index (χ1v) is 4.83. The predicted molar refractivity (Wildman–Crippen MR) is 56.0 cm³/mol. The second kappa shape index (κ2) is 3.77. The van der Waals surface area contributed by atoms with Crippen molar-refractivity contribution in [2.24, 2.45) is 0 Å². The number of halogens is 1.